The summed E-state index contributed by atoms with van der Waals surface area (Å²) in [7, 11) is 0. The third kappa shape index (κ3) is 7.02. The highest BCUT2D eigenvalue weighted by Crippen LogP contribution is 2.20. The summed E-state index contributed by atoms with van der Waals surface area (Å²) >= 11 is 0. The standard InChI is InChI=1S/C23H31N3O2.ClH/c1-18(2)19-8-10-22(11-9-19)28-17-23(27)26(16-20-6-3-4-14-25-20)21-7-5-13-24-15-12-21;/h3-4,6,8-11,14,18,21,24H,5,7,12-13,15-17H2,1-2H3;1H. The van der Waals surface area contributed by atoms with Gasteiger partial charge in [-0.3, -0.25) is 9.78 Å². The van der Waals surface area contributed by atoms with E-state index in [1.165, 1.54) is 5.56 Å². The number of carbonyl (C=O) groups is 1. The Kier molecular flexibility index (Phi) is 9.42. The first-order valence-corrected chi connectivity index (χ1v) is 10.3. The van der Waals surface area contributed by atoms with E-state index in [0.717, 1.165) is 43.8 Å². The molecular weight excluding hydrogens is 386 g/mol. The van der Waals surface area contributed by atoms with Crippen LogP contribution in [0.5, 0.6) is 5.75 Å². The highest BCUT2D eigenvalue weighted by Gasteiger charge is 2.25. The quantitative estimate of drug-likeness (QED) is 0.734. The zero-order chi connectivity index (χ0) is 19.8. The van der Waals surface area contributed by atoms with Crippen LogP contribution in [-0.4, -0.2) is 41.5 Å². The van der Waals surface area contributed by atoms with E-state index in [4.69, 9.17) is 4.74 Å². The van der Waals surface area contributed by atoms with Crippen LogP contribution in [0.25, 0.3) is 0 Å². The number of rotatable bonds is 7. The molecule has 1 aliphatic rings. The lowest BCUT2D eigenvalue weighted by Crippen LogP contribution is -2.43. The molecule has 1 atom stereocenters. The summed E-state index contributed by atoms with van der Waals surface area (Å²) in [6.07, 6.45) is 4.82. The van der Waals surface area contributed by atoms with Crippen molar-refractivity contribution in [2.75, 3.05) is 19.7 Å². The Morgan fingerprint density at radius 2 is 1.97 bits per heavy atom. The zero-order valence-electron chi connectivity index (χ0n) is 17.3. The SMILES string of the molecule is CC(C)c1ccc(OCC(=O)N(Cc2ccccn2)C2CCCNCC2)cc1.Cl. The van der Waals surface area contributed by atoms with Crippen molar-refractivity contribution < 1.29 is 9.53 Å². The highest BCUT2D eigenvalue weighted by atomic mass is 35.5. The van der Waals surface area contributed by atoms with E-state index in [1.54, 1.807) is 6.20 Å². The number of halogens is 1. The van der Waals surface area contributed by atoms with Gasteiger partial charge in [-0.2, -0.15) is 0 Å². The molecule has 29 heavy (non-hydrogen) atoms. The van der Waals surface area contributed by atoms with Gasteiger partial charge in [0, 0.05) is 12.2 Å². The average Bonchev–Trinajstić information content (AvgIpc) is 3.00. The first-order chi connectivity index (χ1) is 13.6. The second kappa shape index (κ2) is 11.8. The number of hydrogen-bond donors (Lipinski definition) is 1. The maximum Gasteiger partial charge on any atom is 0.261 e. The van der Waals surface area contributed by atoms with E-state index in [0.29, 0.717) is 12.5 Å². The lowest BCUT2D eigenvalue weighted by molar-refractivity contribution is -0.136. The number of nitrogens with zero attached hydrogens (tertiary/aromatic N) is 2. The third-order valence-electron chi connectivity index (χ3n) is 5.27. The third-order valence-corrected chi connectivity index (χ3v) is 5.27. The first kappa shape index (κ1) is 23.2. The summed E-state index contributed by atoms with van der Waals surface area (Å²) in [5, 5.41) is 3.42. The van der Waals surface area contributed by atoms with Crippen molar-refractivity contribution in [3.05, 3.63) is 59.9 Å². The summed E-state index contributed by atoms with van der Waals surface area (Å²) in [4.78, 5) is 19.4. The fraction of sp³-hybridized carbons (Fsp3) is 0.478. The van der Waals surface area contributed by atoms with Gasteiger partial charge >= 0.3 is 0 Å². The van der Waals surface area contributed by atoms with Crippen LogP contribution in [0.3, 0.4) is 0 Å². The molecule has 2 aromatic rings. The molecule has 1 N–H and O–H groups in total. The van der Waals surface area contributed by atoms with Crippen LogP contribution in [0, 0.1) is 0 Å². The molecular formula is C23H32ClN3O2. The largest absolute Gasteiger partial charge is 0.484 e. The van der Waals surface area contributed by atoms with Crippen molar-refractivity contribution in [2.24, 2.45) is 0 Å². The van der Waals surface area contributed by atoms with Gasteiger partial charge in [0.1, 0.15) is 5.75 Å². The number of benzene rings is 1. The van der Waals surface area contributed by atoms with Gasteiger partial charge in [-0.05, 0) is 68.1 Å². The maximum atomic E-state index is 13.1. The Balaban J connectivity index is 0.00000300. The molecule has 3 rings (SSSR count). The number of hydrogen-bond acceptors (Lipinski definition) is 4. The van der Waals surface area contributed by atoms with Crippen molar-refractivity contribution >= 4 is 18.3 Å². The highest BCUT2D eigenvalue weighted by molar-refractivity contribution is 5.85. The van der Waals surface area contributed by atoms with Gasteiger partial charge in [-0.1, -0.05) is 32.0 Å². The van der Waals surface area contributed by atoms with Gasteiger partial charge in [0.25, 0.3) is 5.91 Å². The summed E-state index contributed by atoms with van der Waals surface area (Å²) in [6.45, 7) is 6.86. The number of nitrogens with one attached hydrogen (secondary N) is 1. The molecule has 1 aromatic carbocycles. The second-order valence-corrected chi connectivity index (χ2v) is 7.69. The fourth-order valence-corrected chi connectivity index (χ4v) is 3.58. The van der Waals surface area contributed by atoms with Crippen molar-refractivity contribution in [2.45, 2.75) is 51.6 Å². The zero-order valence-corrected chi connectivity index (χ0v) is 18.2. The van der Waals surface area contributed by atoms with Gasteiger partial charge < -0.3 is 15.0 Å². The van der Waals surface area contributed by atoms with Crippen LogP contribution in [-0.2, 0) is 11.3 Å². The van der Waals surface area contributed by atoms with Crippen molar-refractivity contribution in [1.29, 1.82) is 0 Å². The minimum absolute atomic E-state index is 0. The summed E-state index contributed by atoms with van der Waals surface area (Å²) in [6, 6.07) is 14.1. The Morgan fingerprint density at radius 1 is 1.17 bits per heavy atom. The van der Waals surface area contributed by atoms with E-state index in [-0.39, 0.29) is 31.0 Å². The number of aromatic nitrogens is 1. The molecule has 5 nitrogen and oxygen atoms in total. The topological polar surface area (TPSA) is 54.5 Å². The molecule has 1 aliphatic heterocycles. The van der Waals surface area contributed by atoms with Gasteiger partial charge in [0.2, 0.25) is 0 Å². The molecule has 2 heterocycles. The van der Waals surface area contributed by atoms with Gasteiger partial charge in [0.05, 0.1) is 12.2 Å². The van der Waals surface area contributed by atoms with Crippen LogP contribution in [0.15, 0.2) is 48.7 Å². The molecule has 6 heteroatoms. The Labute approximate surface area is 180 Å². The average molecular weight is 418 g/mol. The van der Waals surface area contributed by atoms with Crippen LogP contribution < -0.4 is 10.1 Å². The smallest absolute Gasteiger partial charge is 0.261 e. The van der Waals surface area contributed by atoms with Crippen molar-refractivity contribution in [1.82, 2.24) is 15.2 Å². The maximum absolute atomic E-state index is 13.1. The number of carbonyl (C=O) groups excluding carboxylic acids is 1. The first-order valence-electron chi connectivity index (χ1n) is 10.3. The van der Waals surface area contributed by atoms with Crippen LogP contribution in [0.2, 0.25) is 0 Å². The van der Waals surface area contributed by atoms with Crippen LogP contribution >= 0.6 is 12.4 Å². The molecule has 0 radical (unpaired) electrons. The molecule has 1 saturated heterocycles. The van der Waals surface area contributed by atoms with E-state index in [2.05, 4.69) is 36.3 Å². The van der Waals surface area contributed by atoms with Crippen LogP contribution in [0.1, 0.15) is 50.3 Å². The molecule has 1 unspecified atom stereocenters. The molecule has 1 amide bonds. The minimum Gasteiger partial charge on any atom is -0.484 e. The van der Waals surface area contributed by atoms with Gasteiger partial charge in [-0.15, -0.1) is 12.4 Å². The molecule has 1 fully saturated rings. The predicted octanol–water partition coefficient (Wildman–Crippen LogP) is 4.18. The van der Waals surface area contributed by atoms with E-state index in [9.17, 15) is 4.79 Å². The normalized spacial score (nSPS) is 16.6. The van der Waals surface area contributed by atoms with Crippen molar-refractivity contribution in [3.8, 4) is 5.75 Å². The molecule has 1 aromatic heterocycles. The summed E-state index contributed by atoms with van der Waals surface area (Å²) < 4.78 is 5.82. The van der Waals surface area contributed by atoms with E-state index < -0.39 is 0 Å². The fourth-order valence-electron chi connectivity index (χ4n) is 3.58. The Hall–Kier alpha value is -2.11. The summed E-state index contributed by atoms with van der Waals surface area (Å²) in [5.74, 6) is 1.23. The van der Waals surface area contributed by atoms with Gasteiger partial charge in [-0.25, -0.2) is 0 Å². The molecule has 0 saturated carbocycles. The molecule has 0 bridgehead atoms. The lowest BCUT2D eigenvalue weighted by atomic mass is 10.0. The Morgan fingerprint density at radius 3 is 2.66 bits per heavy atom. The van der Waals surface area contributed by atoms with Gasteiger partial charge in [0.15, 0.2) is 6.61 Å². The second-order valence-electron chi connectivity index (χ2n) is 7.69. The van der Waals surface area contributed by atoms with Crippen molar-refractivity contribution in [3.63, 3.8) is 0 Å². The van der Waals surface area contributed by atoms with Crippen LogP contribution in [0.4, 0.5) is 0 Å². The molecule has 0 spiro atoms. The predicted molar refractivity (Wildman–Crippen MR) is 119 cm³/mol. The minimum atomic E-state index is 0. The van der Waals surface area contributed by atoms with E-state index >= 15 is 0 Å². The van der Waals surface area contributed by atoms with E-state index in [1.807, 2.05) is 35.2 Å². The number of amides is 1. The number of ether oxygens (including phenoxy) is 1. The molecule has 158 valence electrons. The molecule has 0 aliphatic carbocycles. The monoisotopic (exact) mass is 417 g/mol. The Bertz CT molecular complexity index is 730. The summed E-state index contributed by atoms with van der Waals surface area (Å²) in [5.41, 5.74) is 2.18. The number of pyridine rings is 1. The lowest BCUT2D eigenvalue weighted by Gasteiger charge is -2.31.